The highest BCUT2D eigenvalue weighted by atomic mass is 32.2. The molecule has 7 nitrogen and oxygen atoms in total. The Labute approximate surface area is 156 Å². The number of nitrogens with zero attached hydrogens (tertiary/aromatic N) is 2. The van der Waals surface area contributed by atoms with Gasteiger partial charge in [0.05, 0.1) is 17.6 Å². The molecule has 0 amide bonds. The molecule has 1 aromatic carbocycles. The monoisotopic (exact) mass is 379 g/mol. The molecule has 3 aromatic heterocycles. The molecule has 2 N–H and O–H groups in total. The zero-order chi connectivity index (χ0) is 18.5. The van der Waals surface area contributed by atoms with Crippen molar-refractivity contribution >= 4 is 28.6 Å². The molecule has 5 rings (SSSR count). The van der Waals surface area contributed by atoms with Crippen molar-refractivity contribution < 1.29 is 14.3 Å². The smallest absolute Gasteiger partial charge is 0.327 e. The summed E-state index contributed by atoms with van der Waals surface area (Å²) in [6.07, 6.45) is 3.12. The summed E-state index contributed by atoms with van der Waals surface area (Å²) < 4.78 is 6.55. The van der Waals surface area contributed by atoms with Gasteiger partial charge in [0.15, 0.2) is 0 Å². The Morgan fingerprint density at radius 3 is 2.78 bits per heavy atom. The second kappa shape index (κ2) is 5.88. The predicted molar refractivity (Wildman–Crippen MR) is 101 cm³/mol. The van der Waals surface area contributed by atoms with E-state index in [2.05, 4.69) is 10.2 Å². The molecule has 0 spiro atoms. The van der Waals surface area contributed by atoms with E-state index in [1.165, 1.54) is 16.3 Å². The van der Waals surface area contributed by atoms with Crippen LogP contribution in [-0.2, 0) is 4.79 Å². The molecule has 1 atom stereocenters. The number of thioether (sulfide) groups is 1. The summed E-state index contributed by atoms with van der Waals surface area (Å²) >= 11 is 1.38. The van der Waals surface area contributed by atoms with E-state index in [1.807, 2.05) is 30.3 Å². The molecule has 8 heteroatoms. The Bertz CT molecular complexity index is 1230. The molecule has 0 unspecified atom stereocenters. The summed E-state index contributed by atoms with van der Waals surface area (Å²) in [5, 5.41) is 18.0. The lowest BCUT2D eigenvalue weighted by atomic mass is 10.00. The number of benzene rings is 1. The molecule has 1 aliphatic rings. The number of H-pyrrole nitrogens is 1. The van der Waals surface area contributed by atoms with Crippen molar-refractivity contribution in [1.29, 1.82) is 0 Å². The van der Waals surface area contributed by atoms with Crippen LogP contribution in [0.15, 0.2) is 63.2 Å². The van der Waals surface area contributed by atoms with Gasteiger partial charge in [-0.3, -0.25) is 14.5 Å². The number of aromatic nitrogens is 3. The number of carbonyl (C=O) groups is 1. The topological polar surface area (TPSA) is 101 Å². The highest BCUT2D eigenvalue weighted by Gasteiger charge is 2.35. The van der Waals surface area contributed by atoms with Crippen molar-refractivity contribution in [3.05, 3.63) is 59.3 Å². The van der Waals surface area contributed by atoms with E-state index in [0.29, 0.717) is 27.4 Å². The molecular weight excluding hydrogens is 366 g/mol. The molecular formula is C19H13N3O4S. The standard InChI is InChI=1S/C19H13N3O4S/c23-17-16-14(15(20-21-16)11-6-7-26-8-11)13(10-4-2-1-3-5-10)18-22(17)12(9-27-18)19(24)25/h1-8,12H,9H2,(H,20,21)(H,24,25)/t12-/m0/s1. The molecule has 134 valence electrons. The fraction of sp³-hybridized carbons (Fsp3) is 0.105. The first-order chi connectivity index (χ1) is 13.2. The van der Waals surface area contributed by atoms with Gasteiger partial charge >= 0.3 is 5.97 Å². The Kier molecular flexibility index (Phi) is 3.48. The second-order valence-electron chi connectivity index (χ2n) is 6.22. The van der Waals surface area contributed by atoms with Crippen molar-refractivity contribution in [2.75, 3.05) is 5.75 Å². The van der Waals surface area contributed by atoms with Crippen LogP contribution in [0.4, 0.5) is 0 Å². The Balaban J connectivity index is 1.95. The van der Waals surface area contributed by atoms with E-state index in [1.54, 1.807) is 18.6 Å². The van der Waals surface area contributed by atoms with Crippen molar-refractivity contribution in [2.45, 2.75) is 11.1 Å². The van der Waals surface area contributed by atoms with Gasteiger partial charge in [-0.2, -0.15) is 5.10 Å². The molecule has 4 aromatic rings. The molecule has 0 saturated carbocycles. The quantitative estimate of drug-likeness (QED) is 0.566. The summed E-state index contributed by atoms with van der Waals surface area (Å²) in [7, 11) is 0. The minimum absolute atomic E-state index is 0.294. The summed E-state index contributed by atoms with van der Waals surface area (Å²) in [5.74, 6) is -0.706. The molecule has 27 heavy (non-hydrogen) atoms. The number of pyridine rings is 1. The largest absolute Gasteiger partial charge is 0.480 e. The van der Waals surface area contributed by atoms with Crippen LogP contribution < -0.4 is 5.56 Å². The molecule has 0 bridgehead atoms. The average molecular weight is 379 g/mol. The molecule has 0 saturated heterocycles. The Morgan fingerprint density at radius 1 is 1.26 bits per heavy atom. The van der Waals surface area contributed by atoms with Crippen LogP contribution in [0.3, 0.4) is 0 Å². The first-order valence-electron chi connectivity index (χ1n) is 8.27. The molecule has 4 heterocycles. The van der Waals surface area contributed by atoms with E-state index in [4.69, 9.17) is 4.42 Å². The van der Waals surface area contributed by atoms with Gasteiger partial charge < -0.3 is 9.52 Å². The minimum Gasteiger partial charge on any atom is -0.480 e. The van der Waals surface area contributed by atoms with Gasteiger partial charge in [-0.05, 0) is 11.6 Å². The number of rotatable bonds is 3. The van der Waals surface area contributed by atoms with Gasteiger partial charge in [-0.25, -0.2) is 4.79 Å². The number of aliphatic carboxylic acids is 1. The number of aromatic amines is 1. The van der Waals surface area contributed by atoms with Crippen molar-refractivity contribution in [1.82, 2.24) is 14.8 Å². The van der Waals surface area contributed by atoms with E-state index in [9.17, 15) is 14.7 Å². The number of fused-ring (bicyclic) bond motifs is 2. The fourth-order valence-corrected chi connectivity index (χ4v) is 4.82. The third-order valence-corrected chi connectivity index (χ3v) is 5.87. The van der Waals surface area contributed by atoms with E-state index < -0.39 is 12.0 Å². The van der Waals surface area contributed by atoms with Crippen LogP contribution in [0.25, 0.3) is 33.3 Å². The average Bonchev–Trinajstić information content (AvgIpc) is 3.41. The number of carboxylic acids is 1. The predicted octanol–water partition coefficient (Wildman–Crippen LogP) is 3.38. The van der Waals surface area contributed by atoms with Gasteiger partial charge in [0.2, 0.25) is 0 Å². The maximum atomic E-state index is 13.1. The normalized spacial score (nSPS) is 15.9. The highest BCUT2D eigenvalue weighted by molar-refractivity contribution is 7.99. The van der Waals surface area contributed by atoms with E-state index in [0.717, 1.165) is 16.7 Å². The van der Waals surface area contributed by atoms with Crippen LogP contribution in [0.1, 0.15) is 6.04 Å². The number of carboxylic acid groups (broad SMARTS) is 1. The summed E-state index contributed by atoms with van der Waals surface area (Å²) in [4.78, 5) is 24.8. The third-order valence-electron chi connectivity index (χ3n) is 4.71. The van der Waals surface area contributed by atoms with Crippen LogP contribution in [0.5, 0.6) is 0 Å². The number of hydrogen-bond donors (Lipinski definition) is 2. The molecule has 0 radical (unpaired) electrons. The SMILES string of the molecule is O=C(O)[C@@H]1CSc2c(-c3ccccc3)c3c(-c4ccoc4)n[nH]c3c(=O)n21. The van der Waals surface area contributed by atoms with Crippen LogP contribution >= 0.6 is 11.8 Å². The van der Waals surface area contributed by atoms with E-state index >= 15 is 0 Å². The highest BCUT2D eigenvalue weighted by Crippen LogP contribution is 2.44. The lowest BCUT2D eigenvalue weighted by Gasteiger charge is -2.14. The van der Waals surface area contributed by atoms with Crippen LogP contribution in [0.2, 0.25) is 0 Å². The maximum absolute atomic E-state index is 13.1. The number of hydrogen-bond acceptors (Lipinski definition) is 5. The Hall–Kier alpha value is -3.26. The zero-order valence-corrected chi connectivity index (χ0v) is 14.7. The maximum Gasteiger partial charge on any atom is 0.327 e. The van der Waals surface area contributed by atoms with Crippen LogP contribution in [0, 0.1) is 0 Å². The number of nitrogens with one attached hydrogen (secondary N) is 1. The van der Waals surface area contributed by atoms with E-state index in [-0.39, 0.29) is 5.56 Å². The summed E-state index contributed by atoms with van der Waals surface area (Å²) in [5.41, 5.74) is 2.99. The lowest BCUT2D eigenvalue weighted by molar-refractivity contribution is -0.140. The third kappa shape index (κ3) is 2.26. The minimum atomic E-state index is -1.02. The van der Waals surface area contributed by atoms with Gasteiger partial charge in [-0.15, -0.1) is 11.8 Å². The van der Waals surface area contributed by atoms with Gasteiger partial charge in [0.1, 0.15) is 17.3 Å². The van der Waals surface area contributed by atoms with Crippen molar-refractivity contribution in [2.24, 2.45) is 0 Å². The Morgan fingerprint density at radius 2 is 2.07 bits per heavy atom. The number of furan rings is 1. The lowest BCUT2D eigenvalue weighted by Crippen LogP contribution is -2.29. The second-order valence-corrected chi connectivity index (χ2v) is 7.23. The van der Waals surface area contributed by atoms with Gasteiger partial charge in [0.25, 0.3) is 5.56 Å². The fourth-order valence-electron chi connectivity index (χ4n) is 3.50. The van der Waals surface area contributed by atoms with Gasteiger partial charge in [0, 0.05) is 22.3 Å². The van der Waals surface area contributed by atoms with Gasteiger partial charge in [-0.1, -0.05) is 30.3 Å². The van der Waals surface area contributed by atoms with Crippen molar-refractivity contribution in [3.8, 4) is 22.4 Å². The molecule has 1 aliphatic heterocycles. The first kappa shape index (κ1) is 16.0. The van der Waals surface area contributed by atoms with Crippen LogP contribution in [-0.4, -0.2) is 31.6 Å². The summed E-state index contributed by atoms with van der Waals surface area (Å²) in [6.45, 7) is 0. The zero-order valence-electron chi connectivity index (χ0n) is 13.9. The first-order valence-corrected chi connectivity index (χ1v) is 9.25. The molecule has 0 fully saturated rings. The molecule has 0 aliphatic carbocycles. The van der Waals surface area contributed by atoms with Crippen molar-refractivity contribution in [3.63, 3.8) is 0 Å². The summed E-state index contributed by atoms with van der Waals surface area (Å²) in [6, 6.07) is 10.5.